The summed E-state index contributed by atoms with van der Waals surface area (Å²) in [6.45, 7) is 2.01. The van der Waals surface area contributed by atoms with Crippen molar-refractivity contribution in [2.24, 2.45) is 0 Å². The first-order valence-corrected chi connectivity index (χ1v) is 8.93. The minimum absolute atomic E-state index is 0.208. The molecule has 1 aromatic heterocycles. The Morgan fingerprint density at radius 3 is 2.58 bits per heavy atom. The fraction of sp³-hybridized carbons (Fsp3) is 0.188. The zero-order valence-corrected chi connectivity index (χ0v) is 14.8. The maximum absolute atomic E-state index is 12.5. The van der Waals surface area contributed by atoms with Gasteiger partial charge in [0.05, 0.1) is 18.2 Å². The van der Waals surface area contributed by atoms with E-state index in [-0.39, 0.29) is 11.5 Å². The zero-order valence-electron chi connectivity index (χ0n) is 13.1. The first kappa shape index (κ1) is 18.0. The highest BCUT2D eigenvalue weighted by molar-refractivity contribution is 7.99. The summed E-state index contributed by atoms with van der Waals surface area (Å²) in [5.41, 5.74) is 0.747. The second-order valence-electron chi connectivity index (χ2n) is 4.49. The van der Waals surface area contributed by atoms with Crippen LogP contribution >= 0.6 is 23.1 Å². The van der Waals surface area contributed by atoms with Gasteiger partial charge in [-0.15, -0.1) is 23.1 Å². The molecule has 1 heterocycles. The largest absolute Gasteiger partial charge is 0.453 e. The molecule has 0 saturated heterocycles. The van der Waals surface area contributed by atoms with E-state index in [9.17, 15) is 14.4 Å². The molecule has 2 N–H and O–H groups in total. The van der Waals surface area contributed by atoms with Crippen LogP contribution in [-0.4, -0.2) is 30.8 Å². The molecule has 2 rings (SSSR count). The van der Waals surface area contributed by atoms with E-state index in [4.69, 9.17) is 0 Å². The minimum Gasteiger partial charge on any atom is -0.453 e. The minimum atomic E-state index is -0.854. The number of rotatable bonds is 5. The van der Waals surface area contributed by atoms with Crippen LogP contribution in [0.5, 0.6) is 0 Å². The number of carbonyl (C=O) groups excluding carboxylic acids is 3. The highest BCUT2D eigenvalue weighted by Gasteiger charge is 2.19. The van der Waals surface area contributed by atoms with E-state index in [2.05, 4.69) is 15.4 Å². The number of imide groups is 1. The van der Waals surface area contributed by atoms with Crippen LogP contribution in [0.25, 0.3) is 0 Å². The summed E-state index contributed by atoms with van der Waals surface area (Å²) in [6.07, 6.45) is -0.854. The van der Waals surface area contributed by atoms with Crippen LogP contribution in [0.1, 0.15) is 27.6 Å². The van der Waals surface area contributed by atoms with E-state index in [1.807, 2.05) is 19.1 Å². The Hall–Kier alpha value is -2.32. The maximum Gasteiger partial charge on any atom is 0.413 e. The summed E-state index contributed by atoms with van der Waals surface area (Å²) >= 11 is 2.77. The lowest BCUT2D eigenvalue weighted by molar-refractivity contribution is 0.0938. The second kappa shape index (κ2) is 8.51. The number of amides is 3. The van der Waals surface area contributed by atoms with Crippen molar-refractivity contribution < 1.29 is 19.1 Å². The number of hydrogen-bond acceptors (Lipinski definition) is 6. The number of carbonyl (C=O) groups is 3. The standard InChI is InChI=1S/C16H16N2O4S2/c1-3-23-12-7-5-4-6-10(12)13(19)17-15-11(8-9-24-15)14(20)18-16(21)22-2/h4-9H,3H2,1-2H3,(H,17,19)(H,18,20,21). The van der Waals surface area contributed by atoms with E-state index in [1.54, 1.807) is 29.3 Å². The smallest absolute Gasteiger partial charge is 0.413 e. The van der Waals surface area contributed by atoms with Crippen molar-refractivity contribution in [2.75, 3.05) is 18.2 Å². The zero-order chi connectivity index (χ0) is 17.5. The van der Waals surface area contributed by atoms with E-state index < -0.39 is 12.0 Å². The molecule has 0 fully saturated rings. The van der Waals surface area contributed by atoms with Crippen LogP contribution in [0.3, 0.4) is 0 Å². The van der Waals surface area contributed by atoms with Gasteiger partial charge in [-0.2, -0.15) is 0 Å². The molecule has 6 nitrogen and oxygen atoms in total. The molecule has 0 unspecified atom stereocenters. The molecule has 0 bridgehead atoms. The molecule has 0 aliphatic rings. The van der Waals surface area contributed by atoms with E-state index >= 15 is 0 Å². The van der Waals surface area contributed by atoms with Crippen molar-refractivity contribution >= 4 is 46.0 Å². The van der Waals surface area contributed by atoms with Crippen molar-refractivity contribution in [3.05, 3.63) is 46.8 Å². The first-order valence-electron chi connectivity index (χ1n) is 7.06. The third-order valence-corrected chi connectivity index (χ3v) is 4.75. The van der Waals surface area contributed by atoms with Gasteiger partial charge in [0.15, 0.2) is 0 Å². The van der Waals surface area contributed by atoms with Crippen LogP contribution in [0.4, 0.5) is 9.80 Å². The van der Waals surface area contributed by atoms with Gasteiger partial charge in [0.1, 0.15) is 5.00 Å². The van der Waals surface area contributed by atoms with Gasteiger partial charge in [-0.05, 0) is 29.3 Å². The van der Waals surface area contributed by atoms with Gasteiger partial charge >= 0.3 is 6.09 Å². The average molecular weight is 364 g/mol. The molecule has 1 aromatic carbocycles. The van der Waals surface area contributed by atoms with Gasteiger partial charge in [-0.25, -0.2) is 4.79 Å². The topological polar surface area (TPSA) is 84.5 Å². The lowest BCUT2D eigenvalue weighted by Crippen LogP contribution is -2.30. The van der Waals surface area contributed by atoms with Crippen LogP contribution in [0.15, 0.2) is 40.6 Å². The molecule has 0 atom stereocenters. The molecule has 0 spiro atoms. The van der Waals surface area contributed by atoms with Crippen molar-refractivity contribution in [3.8, 4) is 0 Å². The van der Waals surface area contributed by atoms with E-state index in [1.165, 1.54) is 24.5 Å². The van der Waals surface area contributed by atoms with Crippen LogP contribution < -0.4 is 10.6 Å². The lowest BCUT2D eigenvalue weighted by atomic mass is 10.2. The fourth-order valence-electron chi connectivity index (χ4n) is 1.90. The third-order valence-electron chi connectivity index (χ3n) is 2.97. The third kappa shape index (κ3) is 4.36. The van der Waals surface area contributed by atoms with Crippen LogP contribution in [-0.2, 0) is 4.74 Å². The first-order chi connectivity index (χ1) is 11.6. The molecular weight excluding hydrogens is 348 g/mol. The predicted octanol–water partition coefficient (Wildman–Crippen LogP) is 3.61. The molecule has 3 amide bonds. The number of benzene rings is 1. The average Bonchev–Trinajstić information content (AvgIpc) is 3.03. The van der Waals surface area contributed by atoms with Gasteiger partial charge in [0.2, 0.25) is 0 Å². The highest BCUT2D eigenvalue weighted by Crippen LogP contribution is 2.27. The van der Waals surface area contributed by atoms with Gasteiger partial charge in [-0.1, -0.05) is 19.1 Å². The summed E-state index contributed by atoms with van der Waals surface area (Å²) in [6, 6.07) is 8.80. The maximum atomic E-state index is 12.5. The number of alkyl carbamates (subject to hydrolysis) is 1. The Labute approximate surface area is 147 Å². The molecule has 126 valence electrons. The highest BCUT2D eigenvalue weighted by atomic mass is 32.2. The Balaban J connectivity index is 2.18. The monoisotopic (exact) mass is 364 g/mol. The van der Waals surface area contributed by atoms with Gasteiger partial charge in [0, 0.05) is 4.90 Å². The summed E-state index contributed by atoms with van der Waals surface area (Å²) in [7, 11) is 1.17. The Kier molecular flexibility index (Phi) is 6.39. The molecule has 0 aliphatic heterocycles. The quantitative estimate of drug-likeness (QED) is 0.792. The number of thioether (sulfide) groups is 1. The molecule has 24 heavy (non-hydrogen) atoms. The van der Waals surface area contributed by atoms with Crippen LogP contribution in [0, 0.1) is 0 Å². The van der Waals surface area contributed by atoms with Crippen molar-refractivity contribution in [1.29, 1.82) is 0 Å². The summed E-state index contributed by atoms with van der Waals surface area (Å²) < 4.78 is 4.39. The molecular formula is C16H16N2O4S2. The second-order valence-corrected chi connectivity index (χ2v) is 6.71. The normalized spacial score (nSPS) is 10.1. The Morgan fingerprint density at radius 1 is 1.12 bits per heavy atom. The number of anilines is 1. The molecule has 0 aliphatic carbocycles. The van der Waals surface area contributed by atoms with Crippen molar-refractivity contribution in [1.82, 2.24) is 5.32 Å². The summed E-state index contributed by atoms with van der Waals surface area (Å²) in [5, 5.41) is 6.83. The molecule has 0 radical (unpaired) electrons. The Bertz CT molecular complexity index is 758. The molecule has 8 heteroatoms. The van der Waals surface area contributed by atoms with Crippen LogP contribution in [0.2, 0.25) is 0 Å². The fourth-order valence-corrected chi connectivity index (χ4v) is 3.48. The van der Waals surface area contributed by atoms with Gasteiger partial charge < -0.3 is 10.1 Å². The van der Waals surface area contributed by atoms with Gasteiger partial charge in [0.25, 0.3) is 11.8 Å². The SMILES string of the molecule is CCSc1ccccc1C(=O)Nc1sccc1C(=O)NC(=O)OC. The number of nitrogens with one attached hydrogen (secondary N) is 2. The lowest BCUT2D eigenvalue weighted by Gasteiger charge is -2.09. The number of methoxy groups -OCH3 is 1. The summed E-state index contributed by atoms with van der Waals surface area (Å²) in [5.74, 6) is -0.0912. The number of thiophene rings is 1. The number of ether oxygens (including phenoxy) is 1. The van der Waals surface area contributed by atoms with Crippen molar-refractivity contribution in [2.45, 2.75) is 11.8 Å². The van der Waals surface area contributed by atoms with E-state index in [0.29, 0.717) is 10.6 Å². The predicted molar refractivity (Wildman–Crippen MR) is 95.0 cm³/mol. The molecule has 0 saturated carbocycles. The Morgan fingerprint density at radius 2 is 1.88 bits per heavy atom. The van der Waals surface area contributed by atoms with Gasteiger partial charge in [-0.3, -0.25) is 14.9 Å². The molecule has 2 aromatic rings. The van der Waals surface area contributed by atoms with Crippen molar-refractivity contribution in [3.63, 3.8) is 0 Å². The summed E-state index contributed by atoms with van der Waals surface area (Å²) in [4.78, 5) is 36.6. The number of hydrogen-bond donors (Lipinski definition) is 2. The van der Waals surface area contributed by atoms with E-state index in [0.717, 1.165) is 10.6 Å².